The average molecular weight is 389 g/mol. The van der Waals surface area contributed by atoms with Gasteiger partial charge in [-0.15, -0.1) is 0 Å². The fraction of sp³-hybridized carbons (Fsp3) is 0.227. The van der Waals surface area contributed by atoms with Gasteiger partial charge in [-0.25, -0.2) is 14.8 Å². The molecule has 0 unspecified atom stereocenters. The molecule has 0 spiro atoms. The summed E-state index contributed by atoms with van der Waals surface area (Å²) in [6, 6.07) is 13.2. The molecule has 2 aromatic carbocycles. The van der Waals surface area contributed by atoms with Gasteiger partial charge in [-0.2, -0.15) is 0 Å². The van der Waals surface area contributed by atoms with Crippen LogP contribution in [-0.4, -0.2) is 32.6 Å². The Morgan fingerprint density at radius 1 is 1.14 bits per heavy atom. The number of hydrogen-bond acceptors (Lipinski definition) is 5. The van der Waals surface area contributed by atoms with E-state index in [0.717, 1.165) is 57.7 Å². The van der Waals surface area contributed by atoms with Crippen LogP contribution < -0.4 is 11.1 Å². The molecule has 0 radical (unpaired) electrons. The van der Waals surface area contributed by atoms with Crippen molar-refractivity contribution >= 4 is 39.1 Å². The minimum absolute atomic E-state index is 0.230. The number of carboxylic acids is 1. The Hall–Kier alpha value is -3.61. The fourth-order valence-corrected chi connectivity index (χ4v) is 3.26. The second-order valence-corrected chi connectivity index (χ2v) is 7.10. The van der Waals surface area contributed by atoms with Crippen molar-refractivity contribution in [2.45, 2.75) is 26.2 Å². The summed E-state index contributed by atoms with van der Waals surface area (Å²) in [6.07, 6.45) is 3.59. The molecule has 0 saturated carbocycles. The molecule has 29 heavy (non-hydrogen) atoms. The minimum atomic E-state index is -0.927. The molecule has 2 aliphatic heterocycles. The Bertz CT molecular complexity index is 1200. The lowest BCUT2D eigenvalue weighted by Gasteiger charge is -2.05. The summed E-state index contributed by atoms with van der Waals surface area (Å²) in [5, 5.41) is 14.3. The number of aromatic amines is 1. The van der Waals surface area contributed by atoms with E-state index in [9.17, 15) is 4.79 Å². The highest BCUT2D eigenvalue weighted by atomic mass is 16.4. The third-order valence-corrected chi connectivity index (χ3v) is 4.84. The van der Waals surface area contributed by atoms with E-state index in [1.807, 2.05) is 36.4 Å². The summed E-state index contributed by atoms with van der Waals surface area (Å²) in [5.74, 6) is -0.0470. The third-order valence-electron chi connectivity index (χ3n) is 4.84. The first-order chi connectivity index (χ1) is 14.0. The number of carbonyl (C=O) groups is 1. The van der Waals surface area contributed by atoms with Crippen LogP contribution in [0.15, 0.2) is 42.5 Å². The minimum Gasteiger partial charge on any atom is -0.477 e. The van der Waals surface area contributed by atoms with Gasteiger partial charge in [0.1, 0.15) is 11.4 Å². The molecule has 0 bridgehead atoms. The van der Waals surface area contributed by atoms with Crippen molar-refractivity contribution in [2.24, 2.45) is 0 Å². The molecule has 5 rings (SSSR count). The number of anilines is 2. The maximum absolute atomic E-state index is 10.9. The standard InChI is InChI=1S/C14H18N2O2.C8H5N3/c1-2-3-4-7-15-11-5-6-12-10(8-11)9-13(16-12)14(17)18;9-4-1-2-6-5(3-4)7-8(10-6)11-7/h5-6,8-9,15-16H,2-4,7H2,1H3,(H,17,18);1-3H,9H2. The number of nitrogens with two attached hydrogens (primary N) is 1. The molecule has 0 saturated heterocycles. The Morgan fingerprint density at radius 3 is 2.79 bits per heavy atom. The molecule has 2 aliphatic rings. The largest absolute Gasteiger partial charge is 0.477 e. The lowest BCUT2D eigenvalue weighted by Crippen LogP contribution is -2.00. The number of H-pyrrole nitrogens is 1. The van der Waals surface area contributed by atoms with Gasteiger partial charge in [0, 0.05) is 34.2 Å². The number of nitrogens with zero attached hydrogens (tertiary/aromatic N) is 2. The van der Waals surface area contributed by atoms with Crippen LogP contribution in [0.5, 0.6) is 0 Å². The highest BCUT2D eigenvalue weighted by molar-refractivity contribution is 6.00. The van der Waals surface area contributed by atoms with Gasteiger partial charge in [0.2, 0.25) is 0 Å². The Kier molecular flexibility index (Phi) is 5.03. The number of aromatic nitrogens is 3. The highest BCUT2D eigenvalue weighted by Crippen LogP contribution is 2.35. The van der Waals surface area contributed by atoms with Gasteiger partial charge < -0.3 is 21.1 Å². The first kappa shape index (κ1) is 18.7. The summed E-state index contributed by atoms with van der Waals surface area (Å²) in [5.41, 5.74) is 10.5. The summed E-state index contributed by atoms with van der Waals surface area (Å²) in [4.78, 5) is 22.0. The third kappa shape index (κ3) is 4.13. The van der Waals surface area contributed by atoms with Crippen molar-refractivity contribution in [1.29, 1.82) is 0 Å². The van der Waals surface area contributed by atoms with E-state index < -0.39 is 5.97 Å². The molecule has 7 nitrogen and oxygen atoms in total. The number of aromatic carboxylic acids is 1. The molecule has 5 N–H and O–H groups in total. The maximum atomic E-state index is 10.9. The van der Waals surface area contributed by atoms with Crippen molar-refractivity contribution in [2.75, 3.05) is 17.6 Å². The first-order valence-corrected chi connectivity index (χ1v) is 9.72. The molecule has 3 heterocycles. The number of carboxylic acid groups (broad SMARTS) is 1. The monoisotopic (exact) mass is 389 g/mol. The van der Waals surface area contributed by atoms with Gasteiger partial charge in [0.15, 0.2) is 5.82 Å². The first-order valence-electron chi connectivity index (χ1n) is 9.72. The molecule has 0 fully saturated rings. The molecular formula is C22H23N5O2. The SMILES string of the molecule is CCCCCNc1ccc2[nH]c(C(=O)O)cc2c1.Nc1ccc2nc3nc-3c2c1. The summed E-state index contributed by atoms with van der Waals surface area (Å²) in [6.45, 7) is 3.13. The van der Waals surface area contributed by atoms with Crippen LogP contribution in [0.1, 0.15) is 36.7 Å². The molecule has 148 valence electrons. The number of unbranched alkanes of at least 4 members (excludes halogenated alkanes) is 2. The van der Waals surface area contributed by atoms with Crippen molar-refractivity contribution in [1.82, 2.24) is 15.0 Å². The second-order valence-electron chi connectivity index (χ2n) is 7.10. The Labute approximate surface area is 168 Å². The number of rotatable bonds is 6. The normalized spacial score (nSPS) is 11.2. The molecule has 7 heteroatoms. The van der Waals surface area contributed by atoms with E-state index >= 15 is 0 Å². The number of fused-ring (bicyclic) bond motifs is 4. The van der Waals surface area contributed by atoms with E-state index in [0.29, 0.717) is 0 Å². The average Bonchev–Trinajstić information content (AvgIpc) is 3.19. The molecular weight excluding hydrogens is 366 g/mol. The van der Waals surface area contributed by atoms with Crippen LogP contribution in [0.3, 0.4) is 0 Å². The maximum Gasteiger partial charge on any atom is 0.352 e. The Balaban J connectivity index is 0.000000157. The van der Waals surface area contributed by atoms with E-state index in [-0.39, 0.29) is 5.69 Å². The quantitative estimate of drug-likeness (QED) is 0.248. The van der Waals surface area contributed by atoms with Gasteiger partial charge in [0.05, 0.1) is 5.52 Å². The van der Waals surface area contributed by atoms with Crippen LogP contribution >= 0.6 is 0 Å². The van der Waals surface area contributed by atoms with Crippen LogP contribution in [0.25, 0.3) is 33.3 Å². The smallest absolute Gasteiger partial charge is 0.352 e. The molecule has 0 aliphatic carbocycles. The van der Waals surface area contributed by atoms with Gasteiger partial charge in [-0.1, -0.05) is 19.8 Å². The van der Waals surface area contributed by atoms with E-state index in [4.69, 9.17) is 10.8 Å². The van der Waals surface area contributed by atoms with Crippen molar-refractivity contribution in [3.05, 3.63) is 48.2 Å². The van der Waals surface area contributed by atoms with Crippen LogP contribution in [0, 0.1) is 0 Å². The fourth-order valence-electron chi connectivity index (χ4n) is 3.26. The van der Waals surface area contributed by atoms with Crippen LogP contribution in [-0.2, 0) is 0 Å². The predicted octanol–water partition coefficient (Wildman–Crippen LogP) is 4.66. The van der Waals surface area contributed by atoms with Crippen molar-refractivity contribution < 1.29 is 9.90 Å². The predicted molar refractivity (Wildman–Crippen MR) is 116 cm³/mol. The number of nitrogens with one attached hydrogen (secondary N) is 2. The molecule has 1 aromatic heterocycles. The van der Waals surface area contributed by atoms with Gasteiger partial charge in [-0.05, 0) is 48.9 Å². The molecule has 3 aromatic rings. The zero-order chi connectivity index (χ0) is 20.4. The van der Waals surface area contributed by atoms with Gasteiger partial charge in [-0.3, -0.25) is 0 Å². The van der Waals surface area contributed by atoms with Gasteiger partial charge in [0.25, 0.3) is 0 Å². The lowest BCUT2D eigenvalue weighted by molar-refractivity contribution is 0.0691. The number of hydrogen-bond donors (Lipinski definition) is 4. The zero-order valence-corrected chi connectivity index (χ0v) is 16.2. The summed E-state index contributed by atoms with van der Waals surface area (Å²) >= 11 is 0. The molecule has 0 amide bonds. The lowest BCUT2D eigenvalue weighted by atomic mass is 10.2. The summed E-state index contributed by atoms with van der Waals surface area (Å²) in [7, 11) is 0. The van der Waals surface area contributed by atoms with E-state index in [2.05, 4.69) is 27.2 Å². The van der Waals surface area contributed by atoms with Crippen LogP contribution in [0.2, 0.25) is 0 Å². The van der Waals surface area contributed by atoms with Crippen molar-refractivity contribution in [3.63, 3.8) is 0 Å². The van der Waals surface area contributed by atoms with Crippen molar-refractivity contribution in [3.8, 4) is 11.5 Å². The van der Waals surface area contributed by atoms with Gasteiger partial charge >= 0.3 is 5.97 Å². The Morgan fingerprint density at radius 2 is 2.00 bits per heavy atom. The van der Waals surface area contributed by atoms with E-state index in [1.54, 1.807) is 6.07 Å². The zero-order valence-electron chi connectivity index (χ0n) is 16.2. The highest BCUT2D eigenvalue weighted by Gasteiger charge is 2.22. The van der Waals surface area contributed by atoms with Crippen LogP contribution in [0.4, 0.5) is 11.4 Å². The number of benzene rings is 2. The second kappa shape index (κ2) is 7.79. The van der Waals surface area contributed by atoms with E-state index in [1.165, 1.54) is 12.8 Å². The summed E-state index contributed by atoms with van der Waals surface area (Å²) < 4.78 is 0. The topological polar surface area (TPSA) is 117 Å². The molecule has 0 atom stereocenters. The number of nitrogen functional groups attached to an aromatic ring is 1.